The molecule has 94 valence electrons. The highest BCUT2D eigenvalue weighted by atomic mass is 16.4. The lowest BCUT2D eigenvalue weighted by Crippen LogP contribution is -1.96. The van der Waals surface area contributed by atoms with E-state index in [0.717, 1.165) is 34.6 Å². The third-order valence-electron chi connectivity index (χ3n) is 4.12. The summed E-state index contributed by atoms with van der Waals surface area (Å²) in [4.78, 5) is 14.7. The number of aromatic nitrogens is 1. The average Bonchev–Trinajstić information content (AvgIpc) is 3.01. The Bertz CT molecular complexity index is 829. The number of aryl methyl sites for hydroxylation is 2. The molecule has 3 aromatic rings. The summed E-state index contributed by atoms with van der Waals surface area (Å²) in [6.07, 6.45) is 3.41. The van der Waals surface area contributed by atoms with Gasteiger partial charge in [0, 0.05) is 16.3 Å². The van der Waals surface area contributed by atoms with E-state index in [0.29, 0.717) is 5.56 Å². The predicted octanol–water partition coefficient (Wildman–Crippen LogP) is 3.51. The number of nitrogens with one attached hydrogen (secondary N) is 1. The highest BCUT2D eigenvalue weighted by molar-refractivity contribution is 6.14. The van der Waals surface area contributed by atoms with E-state index >= 15 is 0 Å². The number of para-hydroxylation sites is 1. The van der Waals surface area contributed by atoms with Gasteiger partial charge in [0.2, 0.25) is 0 Å². The van der Waals surface area contributed by atoms with E-state index in [2.05, 4.69) is 17.1 Å². The Balaban J connectivity index is 2.18. The van der Waals surface area contributed by atoms with Crippen LogP contribution >= 0.6 is 0 Å². The van der Waals surface area contributed by atoms with Gasteiger partial charge >= 0.3 is 5.97 Å². The molecule has 19 heavy (non-hydrogen) atoms. The van der Waals surface area contributed by atoms with Gasteiger partial charge in [-0.2, -0.15) is 0 Å². The molecular weight excluding hydrogens is 238 g/mol. The second-order valence-electron chi connectivity index (χ2n) is 5.14. The monoisotopic (exact) mass is 251 g/mol. The van der Waals surface area contributed by atoms with E-state index in [1.165, 1.54) is 17.5 Å². The molecule has 1 aliphatic carbocycles. The van der Waals surface area contributed by atoms with Crippen LogP contribution in [0, 0.1) is 0 Å². The molecule has 0 spiro atoms. The molecule has 1 aromatic heterocycles. The number of carboxylic acids is 1. The Morgan fingerprint density at radius 2 is 1.89 bits per heavy atom. The lowest BCUT2D eigenvalue weighted by molar-refractivity contribution is 0.0699. The molecule has 0 atom stereocenters. The summed E-state index contributed by atoms with van der Waals surface area (Å²) < 4.78 is 0. The van der Waals surface area contributed by atoms with Crippen molar-refractivity contribution in [1.82, 2.24) is 4.98 Å². The zero-order valence-electron chi connectivity index (χ0n) is 10.4. The van der Waals surface area contributed by atoms with Gasteiger partial charge in [0.1, 0.15) is 0 Å². The minimum atomic E-state index is -0.881. The molecule has 1 heterocycles. The third kappa shape index (κ3) is 1.35. The van der Waals surface area contributed by atoms with Gasteiger partial charge in [0.25, 0.3) is 0 Å². The quantitative estimate of drug-likeness (QED) is 0.695. The van der Waals surface area contributed by atoms with Crippen molar-refractivity contribution >= 4 is 27.8 Å². The number of hydrogen-bond acceptors (Lipinski definition) is 1. The predicted molar refractivity (Wildman–Crippen MR) is 74.8 cm³/mol. The molecule has 0 radical (unpaired) electrons. The summed E-state index contributed by atoms with van der Waals surface area (Å²) in [6, 6.07) is 9.75. The maximum absolute atomic E-state index is 11.3. The SMILES string of the molecule is O=C(O)c1cccc2c1[nH]c1c3c(ccc12)CCC3. The minimum Gasteiger partial charge on any atom is -0.478 e. The Kier molecular flexibility index (Phi) is 2.01. The van der Waals surface area contributed by atoms with Gasteiger partial charge < -0.3 is 10.1 Å². The molecule has 0 aliphatic heterocycles. The molecule has 0 amide bonds. The molecule has 1 aliphatic rings. The van der Waals surface area contributed by atoms with Crippen LogP contribution in [-0.2, 0) is 12.8 Å². The summed E-state index contributed by atoms with van der Waals surface area (Å²) in [6.45, 7) is 0. The number of aromatic amines is 1. The van der Waals surface area contributed by atoms with Crippen LogP contribution in [0.3, 0.4) is 0 Å². The molecule has 2 aromatic carbocycles. The van der Waals surface area contributed by atoms with Crippen molar-refractivity contribution in [2.24, 2.45) is 0 Å². The highest BCUT2D eigenvalue weighted by Gasteiger charge is 2.18. The van der Waals surface area contributed by atoms with Crippen molar-refractivity contribution in [1.29, 1.82) is 0 Å². The van der Waals surface area contributed by atoms with E-state index in [1.807, 2.05) is 12.1 Å². The Labute approximate surface area is 109 Å². The average molecular weight is 251 g/mol. The van der Waals surface area contributed by atoms with Crippen LogP contribution in [0.15, 0.2) is 30.3 Å². The Morgan fingerprint density at radius 3 is 2.74 bits per heavy atom. The van der Waals surface area contributed by atoms with Crippen molar-refractivity contribution in [3.8, 4) is 0 Å². The second-order valence-corrected chi connectivity index (χ2v) is 5.14. The van der Waals surface area contributed by atoms with Crippen molar-refractivity contribution in [2.45, 2.75) is 19.3 Å². The molecule has 0 unspecified atom stereocenters. The zero-order chi connectivity index (χ0) is 13.0. The summed E-state index contributed by atoms with van der Waals surface area (Å²) in [7, 11) is 0. The maximum Gasteiger partial charge on any atom is 0.337 e. The van der Waals surface area contributed by atoms with E-state index in [1.54, 1.807) is 6.07 Å². The van der Waals surface area contributed by atoms with Crippen molar-refractivity contribution < 1.29 is 9.90 Å². The maximum atomic E-state index is 11.3. The van der Waals surface area contributed by atoms with Gasteiger partial charge in [0.15, 0.2) is 0 Å². The van der Waals surface area contributed by atoms with Crippen LogP contribution in [0.5, 0.6) is 0 Å². The second kappa shape index (κ2) is 3.60. The lowest BCUT2D eigenvalue weighted by Gasteiger charge is -2.00. The molecule has 0 fully saturated rings. The molecule has 0 saturated carbocycles. The van der Waals surface area contributed by atoms with Crippen LogP contribution in [0.25, 0.3) is 21.8 Å². The number of fused-ring (bicyclic) bond motifs is 5. The van der Waals surface area contributed by atoms with Gasteiger partial charge in [-0.05, 0) is 36.5 Å². The minimum absolute atomic E-state index is 0.348. The summed E-state index contributed by atoms with van der Waals surface area (Å²) in [5, 5.41) is 11.4. The third-order valence-corrected chi connectivity index (χ3v) is 4.12. The summed E-state index contributed by atoms with van der Waals surface area (Å²) in [5.41, 5.74) is 4.98. The molecule has 0 bridgehead atoms. The Hall–Kier alpha value is -2.29. The van der Waals surface area contributed by atoms with Gasteiger partial charge in [-0.15, -0.1) is 0 Å². The topological polar surface area (TPSA) is 53.1 Å². The zero-order valence-corrected chi connectivity index (χ0v) is 10.4. The van der Waals surface area contributed by atoms with E-state index in [4.69, 9.17) is 0 Å². The molecule has 3 nitrogen and oxygen atoms in total. The number of aromatic carboxylic acids is 1. The fourth-order valence-corrected chi connectivity index (χ4v) is 3.25. The first-order valence-corrected chi connectivity index (χ1v) is 6.54. The Morgan fingerprint density at radius 1 is 1.05 bits per heavy atom. The van der Waals surface area contributed by atoms with Gasteiger partial charge in [-0.1, -0.05) is 24.3 Å². The number of hydrogen-bond donors (Lipinski definition) is 2. The first-order valence-electron chi connectivity index (χ1n) is 6.54. The van der Waals surface area contributed by atoms with Crippen LogP contribution in [-0.4, -0.2) is 16.1 Å². The van der Waals surface area contributed by atoms with Crippen LogP contribution in [0.4, 0.5) is 0 Å². The van der Waals surface area contributed by atoms with Crippen molar-refractivity contribution in [3.63, 3.8) is 0 Å². The first-order chi connectivity index (χ1) is 9.25. The van der Waals surface area contributed by atoms with Gasteiger partial charge in [-0.25, -0.2) is 4.79 Å². The standard InChI is InChI=1S/C16H13NO2/c18-16(19)13-6-2-5-11-12-8-7-9-3-1-4-10(9)14(12)17-15(11)13/h2,5-8,17H,1,3-4H2,(H,18,19). The van der Waals surface area contributed by atoms with Crippen LogP contribution in [0.1, 0.15) is 27.9 Å². The number of carbonyl (C=O) groups is 1. The van der Waals surface area contributed by atoms with Crippen LogP contribution in [0.2, 0.25) is 0 Å². The molecule has 0 saturated heterocycles. The van der Waals surface area contributed by atoms with E-state index < -0.39 is 5.97 Å². The van der Waals surface area contributed by atoms with Crippen molar-refractivity contribution in [3.05, 3.63) is 47.0 Å². The van der Waals surface area contributed by atoms with E-state index in [9.17, 15) is 9.90 Å². The molecular formula is C16H13NO2. The lowest BCUT2D eigenvalue weighted by atomic mass is 10.0. The number of benzene rings is 2. The number of H-pyrrole nitrogens is 1. The van der Waals surface area contributed by atoms with Crippen LogP contribution < -0.4 is 0 Å². The molecule has 2 N–H and O–H groups in total. The largest absolute Gasteiger partial charge is 0.478 e. The van der Waals surface area contributed by atoms with Crippen molar-refractivity contribution in [2.75, 3.05) is 0 Å². The van der Waals surface area contributed by atoms with E-state index in [-0.39, 0.29) is 0 Å². The highest BCUT2D eigenvalue weighted by Crippen LogP contribution is 2.34. The number of rotatable bonds is 1. The number of carboxylic acid groups (broad SMARTS) is 1. The normalized spacial score (nSPS) is 14.1. The smallest absolute Gasteiger partial charge is 0.337 e. The van der Waals surface area contributed by atoms with Gasteiger partial charge in [-0.3, -0.25) is 0 Å². The molecule has 4 rings (SSSR count). The first kappa shape index (κ1) is 10.6. The van der Waals surface area contributed by atoms with Gasteiger partial charge in [0.05, 0.1) is 11.1 Å². The summed E-state index contributed by atoms with van der Waals surface area (Å²) >= 11 is 0. The fourth-order valence-electron chi connectivity index (χ4n) is 3.25. The fraction of sp³-hybridized carbons (Fsp3) is 0.188. The molecule has 3 heteroatoms. The summed E-state index contributed by atoms with van der Waals surface area (Å²) in [5.74, 6) is -0.881.